The molecule has 7 nitrogen and oxygen atoms in total. The van der Waals surface area contributed by atoms with Gasteiger partial charge >= 0.3 is 0 Å². The first kappa shape index (κ1) is 15.3. The Kier molecular flexibility index (Phi) is 4.03. The van der Waals surface area contributed by atoms with Crippen molar-refractivity contribution >= 4 is 27.7 Å². The van der Waals surface area contributed by atoms with Gasteiger partial charge in [-0.25, -0.2) is 0 Å². The van der Waals surface area contributed by atoms with E-state index in [-0.39, 0.29) is 12.5 Å². The van der Waals surface area contributed by atoms with Gasteiger partial charge in [-0.1, -0.05) is 27.7 Å². The highest BCUT2D eigenvalue weighted by Gasteiger charge is 2.17. The van der Waals surface area contributed by atoms with Crippen molar-refractivity contribution in [3.05, 3.63) is 46.4 Å². The maximum atomic E-state index is 9.39. The number of hydrogen-bond acceptors (Lipinski definition) is 7. The number of thioether (sulfide) groups is 1. The molecular formula is C15H11BrN4O3S. The molecule has 3 aromatic rings. The van der Waals surface area contributed by atoms with E-state index in [4.69, 9.17) is 9.47 Å². The molecule has 2 heterocycles. The van der Waals surface area contributed by atoms with E-state index in [1.165, 1.54) is 11.8 Å². The average molecular weight is 407 g/mol. The number of nitrogens with zero attached hydrogens (tertiary/aromatic N) is 4. The second-order valence-corrected chi connectivity index (χ2v) is 6.77. The van der Waals surface area contributed by atoms with Gasteiger partial charge in [0.1, 0.15) is 5.75 Å². The van der Waals surface area contributed by atoms with Crippen molar-refractivity contribution in [3.8, 4) is 22.9 Å². The first-order valence-corrected chi connectivity index (χ1v) is 8.77. The molecule has 0 aliphatic carbocycles. The van der Waals surface area contributed by atoms with Crippen molar-refractivity contribution in [3.63, 3.8) is 0 Å². The Morgan fingerprint density at radius 1 is 1.17 bits per heavy atom. The monoisotopic (exact) mass is 406 g/mol. The fraction of sp³-hybridized carbons (Fsp3) is 0.133. The lowest BCUT2D eigenvalue weighted by Gasteiger charge is -2.07. The largest absolute Gasteiger partial charge is 0.508 e. The second kappa shape index (κ2) is 6.33. The summed E-state index contributed by atoms with van der Waals surface area (Å²) in [5.41, 5.74) is 1.84. The van der Waals surface area contributed by atoms with Crippen molar-refractivity contribution in [2.45, 2.75) is 10.9 Å². The smallest absolute Gasteiger partial charge is 0.231 e. The molecule has 0 amide bonds. The molecule has 9 heteroatoms. The molecule has 0 spiro atoms. The lowest BCUT2D eigenvalue weighted by atomic mass is 10.2. The lowest BCUT2D eigenvalue weighted by molar-refractivity contribution is 0.174. The molecule has 0 radical (unpaired) electrons. The van der Waals surface area contributed by atoms with Crippen molar-refractivity contribution in [2.24, 2.45) is 0 Å². The summed E-state index contributed by atoms with van der Waals surface area (Å²) >= 11 is 5.05. The Hall–Kier alpha value is -2.26. The number of phenols is 1. The summed E-state index contributed by atoms with van der Waals surface area (Å²) in [7, 11) is 0. The zero-order valence-corrected chi connectivity index (χ0v) is 14.6. The van der Waals surface area contributed by atoms with Gasteiger partial charge in [0.2, 0.25) is 11.9 Å². The molecule has 1 aromatic heterocycles. The van der Waals surface area contributed by atoms with Gasteiger partial charge in [-0.3, -0.25) is 0 Å². The van der Waals surface area contributed by atoms with Crippen LogP contribution in [0.2, 0.25) is 0 Å². The van der Waals surface area contributed by atoms with Crippen LogP contribution in [0.15, 0.2) is 46.0 Å². The maximum absolute atomic E-state index is 9.39. The minimum Gasteiger partial charge on any atom is -0.508 e. The lowest BCUT2D eigenvalue weighted by Crippen LogP contribution is -1.98. The van der Waals surface area contributed by atoms with Gasteiger partial charge in [-0.05, 0) is 52.4 Å². The number of tetrazole rings is 1. The zero-order valence-electron chi connectivity index (χ0n) is 12.2. The summed E-state index contributed by atoms with van der Waals surface area (Å²) in [6.45, 7) is 0.247. The molecule has 0 saturated heterocycles. The predicted octanol–water partition coefficient (Wildman–Crippen LogP) is 3.15. The standard InChI is InChI=1S/C15H11BrN4O3S/c16-12-6-14-13(22-8-23-14)5-9(12)7-24-15-17-18-19-20(15)10-1-3-11(21)4-2-10/h1-6,21H,7-8H2. The summed E-state index contributed by atoms with van der Waals surface area (Å²) in [4.78, 5) is 0. The van der Waals surface area contributed by atoms with Gasteiger partial charge in [0.05, 0.1) is 5.69 Å². The molecule has 1 aliphatic heterocycles. The third kappa shape index (κ3) is 2.92. The molecule has 1 N–H and O–H groups in total. The molecule has 122 valence electrons. The molecule has 4 rings (SSSR count). The summed E-state index contributed by atoms with van der Waals surface area (Å²) in [5, 5.41) is 21.9. The molecule has 0 atom stereocenters. The number of rotatable bonds is 4. The maximum Gasteiger partial charge on any atom is 0.231 e. The number of phenolic OH excluding ortho intramolecular Hbond substituents is 1. The highest BCUT2D eigenvalue weighted by Crippen LogP contribution is 2.38. The molecule has 0 fully saturated rings. The normalized spacial score (nSPS) is 12.5. The van der Waals surface area contributed by atoms with Crippen LogP contribution in [-0.2, 0) is 5.75 Å². The highest BCUT2D eigenvalue weighted by atomic mass is 79.9. The summed E-state index contributed by atoms with van der Waals surface area (Å²) in [6.07, 6.45) is 0. The number of aromatic nitrogens is 4. The van der Waals surface area contributed by atoms with Crippen LogP contribution in [0.4, 0.5) is 0 Å². The van der Waals surface area contributed by atoms with Gasteiger partial charge in [0, 0.05) is 10.2 Å². The van der Waals surface area contributed by atoms with Crippen LogP contribution in [0.3, 0.4) is 0 Å². The van der Waals surface area contributed by atoms with Gasteiger partial charge < -0.3 is 14.6 Å². The molecular weight excluding hydrogens is 396 g/mol. The topological polar surface area (TPSA) is 82.3 Å². The van der Waals surface area contributed by atoms with Crippen molar-refractivity contribution in [1.82, 2.24) is 20.2 Å². The van der Waals surface area contributed by atoms with Gasteiger partial charge in [-0.15, -0.1) is 5.10 Å². The quantitative estimate of drug-likeness (QED) is 0.666. The van der Waals surface area contributed by atoms with Crippen LogP contribution in [-0.4, -0.2) is 32.1 Å². The van der Waals surface area contributed by atoms with E-state index >= 15 is 0 Å². The summed E-state index contributed by atoms with van der Waals surface area (Å²) in [6, 6.07) is 10.6. The predicted molar refractivity (Wildman–Crippen MR) is 90.6 cm³/mol. The van der Waals surface area contributed by atoms with Crippen LogP contribution < -0.4 is 9.47 Å². The van der Waals surface area contributed by atoms with E-state index in [9.17, 15) is 5.11 Å². The number of halogens is 1. The average Bonchev–Trinajstić information content (AvgIpc) is 3.22. The summed E-state index contributed by atoms with van der Waals surface area (Å²) < 4.78 is 13.3. The number of fused-ring (bicyclic) bond motifs is 1. The SMILES string of the molecule is Oc1ccc(-n2nnnc2SCc2cc3c(cc2Br)OCO3)cc1. The zero-order chi connectivity index (χ0) is 16.5. The number of hydrogen-bond donors (Lipinski definition) is 1. The molecule has 2 aromatic carbocycles. The third-order valence-corrected chi connectivity index (χ3v) is 5.14. The molecule has 0 bridgehead atoms. The minimum absolute atomic E-state index is 0.199. The Bertz CT molecular complexity index is 885. The van der Waals surface area contributed by atoms with Gasteiger partial charge in [-0.2, -0.15) is 4.68 Å². The van der Waals surface area contributed by atoms with E-state index in [2.05, 4.69) is 31.5 Å². The second-order valence-electron chi connectivity index (χ2n) is 4.98. The third-order valence-electron chi connectivity index (χ3n) is 3.43. The minimum atomic E-state index is 0.199. The van der Waals surface area contributed by atoms with Crippen LogP contribution in [0, 0.1) is 0 Å². The fourth-order valence-corrected chi connectivity index (χ4v) is 3.77. The van der Waals surface area contributed by atoms with Gasteiger partial charge in [0.25, 0.3) is 0 Å². The number of ether oxygens (including phenoxy) is 2. The van der Waals surface area contributed by atoms with Crippen LogP contribution in [0.25, 0.3) is 5.69 Å². The van der Waals surface area contributed by atoms with Crippen LogP contribution in [0.1, 0.15) is 5.56 Å². The van der Waals surface area contributed by atoms with Gasteiger partial charge in [0.15, 0.2) is 11.5 Å². The van der Waals surface area contributed by atoms with Crippen molar-refractivity contribution < 1.29 is 14.6 Å². The first-order valence-electron chi connectivity index (χ1n) is 6.99. The fourth-order valence-electron chi connectivity index (χ4n) is 2.24. The highest BCUT2D eigenvalue weighted by molar-refractivity contribution is 9.10. The van der Waals surface area contributed by atoms with Crippen molar-refractivity contribution in [1.29, 1.82) is 0 Å². The first-order chi connectivity index (χ1) is 11.7. The van der Waals surface area contributed by atoms with E-state index in [1.807, 2.05) is 12.1 Å². The van der Waals surface area contributed by atoms with Crippen molar-refractivity contribution in [2.75, 3.05) is 6.79 Å². The van der Waals surface area contributed by atoms with E-state index < -0.39 is 0 Å². The Labute approximate surface area is 149 Å². The van der Waals surface area contributed by atoms with E-state index in [0.29, 0.717) is 10.9 Å². The molecule has 1 aliphatic rings. The van der Waals surface area contributed by atoms with E-state index in [1.54, 1.807) is 28.9 Å². The van der Waals surface area contributed by atoms with E-state index in [0.717, 1.165) is 27.2 Å². The molecule has 24 heavy (non-hydrogen) atoms. The molecule has 0 saturated carbocycles. The number of aromatic hydroxyl groups is 1. The molecule has 0 unspecified atom stereocenters. The summed E-state index contributed by atoms with van der Waals surface area (Å²) in [5.74, 6) is 2.34. The Morgan fingerprint density at radius 3 is 2.71 bits per heavy atom. The number of benzene rings is 2. The Morgan fingerprint density at radius 2 is 1.92 bits per heavy atom. The van der Waals surface area contributed by atoms with Crippen LogP contribution in [0.5, 0.6) is 17.2 Å². The Balaban J connectivity index is 1.55. The van der Waals surface area contributed by atoms with Crippen LogP contribution >= 0.6 is 27.7 Å².